The Morgan fingerprint density at radius 1 is 1.13 bits per heavy atom. The highest BCUT2D eigenvalue weighted by Crippen LogP contribution is 2.22. The Morgan fingerprint density at radius 2 is 2.00 bits per heavy atom. The molecule has 2 aromatic carbocycles. The molecular formula is C15H10N6O2. The Hall–Kier alpha value is -3.55. The summed E-state index contributed by atoms with van der Waals surface area (Å²) in [6.45, 7) is 0. The first-order chi connectivity index (χ1) is 11.2. The molecule has 0 unspecified atom stereocenters. The van der Waals surface area contributed by atoms with Gasteiger partial charge in [-0.25, -0.2) is 9.78 Å². The van der Waals surface area contributed by atoms with Crippen LogP contribution in [-0.4, -0.2) is 36.1 Å². The van der Waals surface area contributed by atoms with Crippen molar-refractivity contribution in [1.82, 2.24) is 25.0 Å². The second kappa shape index (κ2) is 5.02. The predicted molar refractivity (Wildman–Crippen MR) is 82.8 cm³/mol. The number of aromatic carboxylic acids is 1. The van der Waals surface area contributed by atoms with E-state index in [-0.39, 0.29) is 5.56 Å². The van der Waals surface area contributed by atoms with Crippen LogP contribution in [0.15, 0.2) is 48.5 Å². The van der Waals surface area contributed by atoms with E-state index in [2.05, 4.69) is 25.8 Å². The van der Waals surface area contributed by atoms with Crippen molar-refractivity contribution in [3.8, 4) is 0 Å². The van der Waals surface area contributed by atoms with Gasteiger partial charge < -0.3 is 10.4 Å². The summed E-state index contributed by atoms with van der Waals surface area (Å²) in [7, 11) is 0. The normalized spacial score (nSPS) is 11.0. The fourth-order valence-electron chi connectivity index (χ4n) is 2.36. The lowest BCUT2D eigenvalue weighted by Gasteiger charge is -2.08. The molecule has 0 aliphatic carbocycles. The molecule has 8 heteroatoms. The van der Waals surface area contributed by atoms with E-state index >= 15 is 0 Å². The lowest BCUT2D eigenvalue weighted by Crippen LogP contribution is -2.02. The average molecular weight is 306 g/mol. The van der Waals surface area contributed by atoms with Gasteiger partial charge in [0.2, 0.25) is 5.65 Å². The molecule has 0 amide bonds. The third-order valence-electron chi connectivity index (χ3n) is 3.40. The molecule has 0 saturated heterocycles. The fourth-order valence-corrected chi connectivity index (χ4v) is 2.36. The van der Waals surface area contributed by atoms with Gasteiger partial charge in [-0.1, -0.05) is 18.2 Å². The number of aromatic nitrogens is 5. The molecule has 23 heavy (non-hydrogen) atoms. The van der Waals surface area contributed by atoms with Crippen LogP contribution >= 0.6 is 0 Å². The van der Waals surface area contributed by atoms with Gasteiger partial charge in [0.05, 0.1) is 16.6 Å². The first-order valence-electron chi connectivity index (χ1n) is 6.79. The summed E-state index contributed by atoms with van der Waals surface area (Å²) in [6.07, 6.45) is 0. The van der Waals surface area contributed by atoms with E-state index in [0.717, 1.165) is 11.0 Å². The van der Waals surface area contributed by atoms with Gasteiger partial charge in [0.1, 0.15) is 0 Å². The molecule has 2 heterocycles. The summed E-state index contributed by atoms with van der Waals surface area (Å²) in [6, 6.07) is 14.0. The molecule has 0 saturated carbocycles. The van der Waals surface area contributed by atoms with Crippen molar-refractivity contribution in [3.05, 3.63) is 54.1 Å². The standard InChI is InChI=1S/C15H10N6O2/c22-15(23)9-4-3-5-10(8-9)16-13-14-18-19-20-21(14)12-7-2-1-6-11(12)17-13/h1-8H,(H,16,17)(H,22,23). The Bertz CT molecular complexity index is 1040. The Kier molecular flexibility index (Phi) is 2.87. The molecular weight excluding hydrogens is 296 g/mol. The summed E-state index contributed by atoms with van der Waals surface area (Å²) in [5, 5.41) is 23.8. The number of benzene rings is 2. The van der Waals surface area contributed by atoms with Crippen LogP contribution in [0.3, 0.4) is 0 Å². The molecule has 0 spiro atoms. The van der Waals surface area contributed by atoms with Gasteiger partial charge >= 0.3 is 5.97 Å². The molecule has 0 aliphatic rings. The zero-order valence-corrected chi connectivity index (χ0v) is 11.7. The highest BCUT2D eigenvalue weighted by atomic mass is 16.4. The first-order valence-corrected chi connectivity index (χ1v) is 6.79. The second-order valence-electron chi connectivity index (χ2n) is 4.87. The highest BCUT2D eigenvalue weighted by molar-refractivity contribution is 5.89. The van der Waals surface area contributed by atoms with Crippen LogP contribution in [0, 0.1) is 0 Å². The maximum Gasteiger partial charge on any atom is 0.335 e. The molecule has 2 N–H and O–H groups in total. The van der Waals surface area contributed by atoms with Gasteiger partial charge in [-0.05, 0) is 40.8 Å². The summed E-state index contributed by atoms with van der Waals surface area (Å²) in [5.74, 6) is -0.536. The molecule has 2 aromatic heterocycles. The lowest BCUT2D eigenvalue weighted by molar-refractivity contribution is 0.0697. The number of carboxylic acid groups (broad SMARTS) is 1. The quantitative estimate of drug-likeness (QED) is 0.597. The average Bonchev–Trinajstić information content (AvgIpc) is 3.05. The van der Waals surface area contributed by atoms with Gasteiger partial charge in [-0.3, -0.25) is 0 Å². The zero-order valence-electron chi connectivity index (χ0n) is 11.7. The molecule has 0 atom stereocenters. The SMILES string of the molecule is O=C(O)c1cccc(Nc2nc3ccccc3n3nnnc23)c1. The van der Waals surface area contributed by atoms with Crippen LogP contribution in [0.2, 0.25) is 0 Å². The van der Waals surface area contributed by atoms with E-state index < -0.39 is 5.97 Å². The second-order valence-corrected chi connectivity index (χ2v) is 4.87. The van der Waals surface area contributed by atoms with Crippen LogP contribution in [0.5, 0.6) is 0 Å². The Morgan fingerprint density at radius 3 is 2.87 bits per heavy atom. The third-order valence-corrected chi connectivity index (χ3v) is 3.40. The zero-order chi connectivity index (χ0) is 15.8. The van der Waals surface area contributed by atoms with Crippen LogP contribution in [0.25, 0.3) is 16.7 Å². The van der Waals surface area contributed by atoms with Gasteiger partial charge in [-0.15, -0.1) is 5.10 Å². The van der Waals surface area contributed by atoms with Crippen molar-refractivity contribution in [2.45, 2.75) is 0 Å². The molecule has 0 bridgehead atoms. The van der Waals surface area contributed by atoms with Crippen LogP contribution < -0.4 is 5.32 Å². The van der Waals surface area contributed by atoms with Crippen molar-refractivity contribution in [2.24, 2.45) is 0 Å². The van der Waals surface area contributed by atoms with E-state index in [1.54, 1.807) is 16.6 Å². The van der Waals surface area contributed by atoms with Gasteiger partial charge in [-0.2, -0.15) is 4.52 Å². The summed E-state index contributed by atoms with van der Waals surface area (Å²) in [5.41, 5.74) is 2.76. The summed E-state index contributed by atoms with van der Waals surface area (Å²) >= 11 is 0. The van der Waals surface area contributed by atoms with Crippen molar-refractivity contribution in [2.75, 3.05) is 5.32 Å². The minimum absolute atomic E-state index is 0.186. The molecule has 112 valence electrons. The van der Waals surface area contributed by atoms with E-state index in [9.17, 15) is 4.79 Å². The smallest absolute Gasteiger partial charge is 0.335 e. The van der Waals surface area contributed by atoms with E-state index in [0.29, 0.717) is 17.2 Å². The molecule has 0 aliphatic heterocycles. The number of fused-ring (bicyclic) bond motifs is 3. The Labute approximate surface area is 129 Å². The molecule has 0 radical (unpaired) electrons. The number of rotatable bonds is 3. The largest absolute Gasteiger partial charge is 0.478 e. The van der Waals surface area contributed by atoms with E-state index in [1.807, 2.05) is 24.3 Å². The maximum absolute atomic E-state index is 11.1. The number of hydrogen-bond acceptors (Lipinski definition) is 6. The number of tetrazole rings is 1. The summed E-state index contributed by atoms with van der Waals surface area (Å²) in [4.78, 5) is 15.6. The number of hydrogen-bond donors (Lipinski definition) is 2. The topological polar surface area (TPSA) is 105 Å². The van der Waals surface area contributed by atoms with E-state index in [1.165, 1.54) is 12.1 Å². The monoisotopic (exact) mass is 306 g/mol. The van der Waals surface area contributed by atoms with Crippen molar-refractivity contribution in [1.29, 1.82) is 0 Å². The molecule has 4 aromatic rings. The minimum atomic E-state index is -0.991. The van der Waals surface area contributed by atoms with Crippen molar-refractivity contribution in [3.63, 3.8) is 0 Å². The van der Waals surface area contributed by atoms with Crippen LogP contribution in [0.1, 0.15) is 10.4 Å². The maximum atomic E-state index is 11.1. The molecule has 8 nitrogen and oxygen atoms in total. The van der Waals surface area contributed by atoms with Gasteiger partial charge in [0, 0.05) is 5.69 Å². The summed E-state index contributed by atoms with van der Waals surface area (Å²) < 4.78 is 1.59. The number of carboxylic acids is 1. The van der Waals surface area contributed by atoms with E-state index in [4.69, 9.17) is 5.11 Å². The Balaban J connectivity index is 1.86. The van der Waals surface area contributed by atoms with Crippen molar-refractivity contribution < 1.29 is 9.90 Å². The minimum Gasteiger partial charge on any atom is -0.478 e. The van der Waals surface area contributed by atoms with Gasteiger partial charge in [0.25, 0.3) is 0 Å². The predicted octanol–water partition coefficient (Wildman–Crippen LogP) is 2.11. The van der Waals surface area contributed by atoms with Crippen molar-refractivity contribution >= 4 is 34.2 Å². The molecule has 4 rings (SSSR count). The number of nitrogens with one attached hydrogen (secondary N) is 1. The highest BCUT2D eigenvalue weighted by Gasteiger charge is 2.12. The van der Waals surface area contributed by atoms with Gasteiger partial charge in [0.15, 0.2) is 5.82 Å². The van der Waals surface area contributed by atoms with Crippen LogP contribution in [-0.2, 0) is 0 Å². The number of para-hydroxylation sites is 2. The first kappa shape index (κ1) is 13.1. The number of nitrogens with zero attached hydrogens (tertiary/aromatic N) is 5. The molecule has 0 fully saturated rings. The number of carbonyl (C=O) groups is 1. The lowest BCUT2D eigenvalue weighted by atomic mass is 10.2. The van der Waals surface area contributed by atoms with Crippen LogP contribution in [0.4, 0.5) is 11.5 Å². The number of anilines is 2. The fraction of sp³-hybridized carbons (Fsp3) is 0. The third kappa shape index (κ3) is 2.22.